The van der Waals surface area contributed by atoms with E-state index in [2.05, 4.69) is 11.4 Å². The summed E-state index contributed by atoms with van der Waals surface area (Å²) in [5.74, 6) is -4.74. The molecule has 3 aromatic carbocycles. The molecule has 0 aliphatic carbocycles. The normalized spacial score (nSPS) is 20.6. The molecule has 1 aliphatic rings. The molecular weight excluding hydrogens is 665 g/mol. The molecule has 0 unspecified atom stereocenters. The molecule has 1 saturated heterocycles. The second-order valence-corrected chi connectivity index (χ2v) is 13.8. The first kappa shape index (κ1) is 36.8. The molecule has 0 saturated carbocycles. The van der Waals surface area contributed by atoms with Crippen molar-refractivity contribution >= 4 is 40.9 Å². The van der Waals surface area contributed by atoms with Gasteiger partial charge in [0.05, 0.1) is 36.4 Å². The van der Waals surface area contributed by atoms with Crippen LogP contribution in [0.2, 0.25) is 10.0 Å². The molecule has 0 spiro atoms. The number of nitriles is 1. The van der Waals surface area contributed by atoms with E-state index in [9.17, 15) is 19.6 Å². The highest BCUT2D eigenvalue weighted by atomic mass is 35.5. The van der Waals surface area contributed by atoms with E-state index < -0.39 is 58.2 Å². The summed E-state index contributed by atoms with van der Waals surface area (Å²) in [6.07, 6.45) is 0.0627. The summed E-state index contributed by atoms with van der Waals surface area (Å²) in [6, 6.07) is 13.0. The number of carbonyl (C=O) groups excluding carboxylic acids is 2. The molecule has 254 valence electrons. The molecule has 2 N–H and O–H groups in total. The van der Waals surface area contributed by atoms with Crippen molar-refractivity contribution in [2.45, 2.75) is 69.9 Å². The van der Waals surface area contributed by atoms with Gasteiger partial charge in [0.1, 0.15) is 22.8 Å². The topological polar surface area (TPSA) is 126 Å². The maximum absolute atomic E-state index is 15.9. The number of hydrogen-bond donors (Lipinski definition) is 2. The van der Waals surface area contributed by atoms with Crippen molar-refractivity contribution in [3.05, 3.63) is 98.5 Å². The van der Waals surface area contributed by atoms with Crippen molar-refractivity contribution in [1.29, 1.82) is 5.26 Å². The minimum absolute atomic E-state index is 0.0198. The zero-order chi connectivity index (χ0) is 35.4. The number of hydrogen-bond acceptors (Lipinski definition) is 7. The van der Waals surface area contributed by atoms with Crippen LogP contribution in [0.4, 0.5) is 8.78 Å². The number of halogens is 4. The molecular formula is C36H36Cl2F2N2O6. The van der Waals surface area contributed by atoms with Gasteiger partial charge >= 0.3 is 11.9 Å². The number of Topliss-reactive ketones (excluding diaryl/α,β-unsaturated/α-hetero) is 1. The average Bonchev–Trinajstić information content (AvgIpc) is 3.33. The van der Waals surface area contributed by atoms with Crippen LogP contribution in [-0.2, 0) is 26.2 Å². The molecule has 4 rings (SSSR count). The van der Waals surface area contributed by atoms with Crippen LogP contribution in [0, 0.1) is 28.4 Å². The number of ether oxygens (including phenoxy) is 2. The molecule has 3 aromatic rings. The lowest BCUT2D eigenvalue weighted by molar-refractivity contribution is -0.137. The Morgan fingerprint density at radius 1 is 1.08 bits per heavy atom. The Kier molecular flexibility index (Phi) is 11.5. The lowest BCUT2D eigenvalue weighted by Gasteiger charge is -2.37. The zero-order valence-corrected chi connectivity index (χ0v) is 28.4. The summed E-state index contributed by atoms with van der Waals surface area (Å²) < 4.78 is 42.5. The van der Waals surface area contributed by atoms with Crippen LogP contribution in [0.15, 0.2) is 54.6 Å². The Balaban J connectivity index is 1.79. The summed E-state index contributed by atoms with van der Waals surface area (Å²) in [7, 11) is 1.37. The highest BCUT2D eigenvalue weighted by molar-refractivity contribution is 6.31. The van der Waals surface area contributed by atoms with E-state index in [0.29, 0.717) is 12.0 Å². The van der Waals surface area contributed by atoms with Gasteiger partial charge in [-0.15, -0.1) is 0 Å². The minimum atomic E-state index is -1.77. The fraction of sp³-hybridized carbons (Fsp3) is 0.389. The summed E-state index contributed by atoms with van der Waals surface area (Å²) >= 11 is 12.3. The third kappa shape index (κ3) is 7.81. The van der Waals surface area contributed by atoms with Crippen molar-refractivity contribution < 1.29 is 37.7 Å². The van der Waals surface area contributed by atoms with Crippen LogP contribution in [0.3, 0.4) is 0 Å². The second-order valence-electron chi connectivity index (χ2n) is 13.0. The molecule has 4 atom stereocenters. The Morgan fingerprint density at radius 2 is 1.81 bits per heavy atom. The van der Waals surface area contributed by atoms with Crippen molar-refractivity contribution in [2.24, 2.45) is 5.41 Å². The lowest BCUT2D eigenvalue weighted by Crippen LogP contribution is -2.44. The van der Waals surface area contributed by atoms with Gasteiger partial charge in [-0.2, -0.15) is 5.26 Å². The van der Waals surface area contributed by atoms with Gasteiger partial charge < -0.3 is 19.9 Å². The number of aliphatic carboxylic acids is 1. The molecule has 0 bridgehead atoms. The lowest BCUT2D eigenvalue weighted by atomic mass is 9.62. The molecule has 1 fully saturated rings. The summed E-state index contributed by atoms with van der Waals surface area (Å²) in [5, 5.41) is 23.0. The van der Waals surface area contributed by atoms with Gasteiger partial charge in [-0.3, -0.25) is 9.59 Å². The first-order valence-electron chi connectivity index (χ1n) is 15.3. The molecule has 1 heterocycles. The Labute approximate surface area is 287 Å². The third-order valence-corrected chi connectivity index (χ3v) is 8.98. The predicted molar refractivity (Wildman–Crippen MR) is 176 cm³/mol. The summed E-state index contributed by atoms with van der Waals surface area (Å²) in [6.45, 7) is 5.75. The number of ketones is 1. The first-order valence-corrected chi connectivity index (χ1v) is 16.0. The molecule has 48 heavy (non-hydrogen) atoms. The van der Waals surface area contributed by atoms with Crippen molar-refractivity contribution in [1.82, 2.24) is 5.32 Å². The van der Waals surface area contributed by atoms with Crippen LogP contribution in [0.25, 0.3) is 0 Å². The third-order valence-electron chi connectivity index (χ3n) is 8.45. The molecule has 0 aromatic heterocycles. The average molecular weight is 702 g/mol. The minimum Gasteiger partial charge on any atom is -0.496 e. The van der Waals surface area contributed by atoms with E-state index >= 15 is 8.78 Å². The van der Waals surface area contributed by atoms with Gasteiger partial charge in [-0.25, -0.2) is 13.6 Å². The second kappa shape index (κ2) is 15.0. The van der Waals surface area contributed by atoms with Gasteiger partial charge in [0.15, 0.2) is 5.78 Å². The van der Waals surface area contributed by atoms with E-state index in [0.717, 1.165) is 6.07 Å². The molecule has 1 aliphatic heterocycles. The van der Waals surface area contributed by atoms with E-state index in [4.69, 9.17) is 37.8 Å². The monoisotopic (exact) mass is 700 g/mol. The van der Waals surface area contributed by atoms with E-state index in [1.807, 2.05) is 20.8 Å². The quantitative estimate of drug-likeness (QED) is 0.148. The van der Waals surface area contributed by atoms with Crippen molar-refractivity contribution in [3.63, 3.8) is 0 Å². The highest BCUT2D eigenvalue weighted by Gasteiger charge is 2.60. The number of methoxy groups -OCH3 is 1. The Morgan fingerprint density at radius 3 is 2.44 bits per heavy atom. The van der Waals surface area contributed by atoms with E-state index in [1.54, 1.807) is 0 Å². The number of benzene rings is 3. The summed E-state index contributed by atoms with van der Waals surface area (Å²) in [4.78, 5) is 37.7. The van der Waals surface area contributed by atoms with Gasteiger partial charge in [0.25, 0.3) is 0 Å². The fourth-order valence-corrected chi connectivity index (χ4v) is 6.74. The Hall–Kier alpha value is -4.04. The summed E-state index contributed by atoms with van der Waals surface area (Å²) in [5.41, 5.74) is -1.70. The zero-order valence-electron chi connectivity index (χ0n) is 26.9. The van der Waals surface area contributed by atoms with Crippen LogP contribution in [-0.4, -0.2) is 48.6 Å². The van der Waals surface area contributed by atoms with Crippen molar-refractivity contribution in [2.75, 3.05) is 13.7 Å². The molecule has 12 heteroatoms. The number of nitrogens with one attached hydrogen (secondary N) is 1. The van der Waals surface area contributed by atoms with Gasteiger partial charge in [-0.1, -0.05) is 68.2 Å². The number of carbonyl (C=O) groups is 3. The number of rotatable bonds is 12. The number of esters is 1. The molecule has 0 radical (unpaired) electrons. The SMILES string of the molecule is COc1cc(C(=O)OCCCC(=O)O)ccc1CC(=O)[C@@H]1N[C@@H](CC(C)(C)C)[C@](C#N)(c2ccc(Cl)cc2F)[C@H]1c1cccc(Cl)c1F. The maximum atomic E-state index is 15.9. The number of carboxylic acid groups (broad SMARTS) is 1. The predicted octanol–water partition coefficient (Wildman–Crippen LogP) is 7.44. The van der Waals surface area contributed by atoms with Crippen LogP contribution >= 0.6 is 23.2 Å². The fourth-order valence-electron chi connectivity index (χ4n) is 6.40. The number of carboxylic acids is 1. The molecule has 8 nitrogen and oxygen atoms in total. The van der Waals surface area contributed by atoms with Crippen LogP contribution in [0.1, 0.15) is 73.0 Å². The van der Waals surface area contributed by atoms with Crippen molar-refractivity contribution in [3.8, 4) is 11.8 Å². The highest BCUT2D eigenvalue weighted by Crippen LogP contribution is 2.53. The van der Waals surface area contributed by atoms with E-state index in [-0.39, 0.29) is 58.4 Å². The first-order chi connectivity index (χ1) is 22.6. The standard InChI is InChI=1S/C36H36Cl2F2N2O6/c1-35(2,3)18-29-36(19-41,24-13-12-22(37)17-26(24)39)31(23-7-5-8-25(38)32(23)40)33(42-29)27(43)15-20-10-11-21(16-28(20)47-4)34(46)48-14-6-9-30(44)45/h5,7-8,10-13,16-17,29,31,33,42H,6,9,14-15,18H2,1-4H3,(H,44,45)/t29-,31-,33-,36-/m0/s1. The Bertz CT molecular complexity index is 1760. The largest absolute Gasteiger partial charge is 0.496 e. The van der Waals surface area contributed by atoms with Crippen LogP contribution in [0.5, 0.6) is 5.75 Å². The maximum Gasteiger partial charge on any atom is 0.338 e. The van der Waals surface area contributed by atoms with Gasteiger partial charge in [0, 0.05) is 41.0 Å². The van der Waals surface area contributed by atoms with Crippen LogP contribution < -0.4 is 10.1 Å². The number of nitrogens with zero attached hydrogens (tertiary/aromatic N) is 1. The van der Waals surface area contributed by atoms with Gasteiger partial charge in [-0.05, 0) is 54.2 Å². The van der Waals surface area contributed by atoms with Gasteiger partial charge in [0.2, 0.25) is 0 Å². The molecule has 0 amide bonds. The van der Waals surface area contributed by atoms with E-state index in [1.165, 1.54) is 55.6 Å². The smallest absolute Gasteiger partial charge is 0.338 e.